The van der Waals surface area contributed by atoms with E-state index in [-0.39, 0.29) is 56.5 Å². The number of hydrogen-bond acceptors (Lipinski definition) is 6. The molecular formula is C43H84CaO6. The number of unbranched alkanes of at least 4 members (excludes halogenated alkanes) is 28. The average molecular weight is 737 g/mol. The van der Waals surface area contributed by atoms with Crippen molar-refractivity contribution in [1.82, 2.24) is 0 Å². The summed E-state index contributed by atoms with van der Waals surface area (Å²) in [6.07, 6.45) is 40.7. The Kier molecular flexibility index (Phi) is 57.3. The van der Waals surface area contributed by atoms with Crippen molar-refractivity contribution in [3.63, 3.8) is 0 Å². The maximum atomic E-state index is 10.2. The Morgan fingerprint density at radius 2 is 0.660 bits per heavy atom. The molecule has 0 aliphatic heterocycles. The Bertz CT molecular complexity index is 626. The van der Waals surface area contributed by atoms with Crippen LogP contribution in [0.4, 0.5) is 0 Å². The van der Waals surface area contributed by atoms with Crippen LogP contribution in [-0.4, -0.2) is 62.3 Å². The average Bonchev–Trinajstić information content (AvgIpc) is 3.04. The second-order valence-corrected chi connectivity index (χ2v) is 14.7. The summed E-state index contributed by atoms with van der Waals surface area (Å²) in [5, 5.41) is 20.4. The predicted molar refractivity (Wildman–Crippen MR) is 211 cm³/mol. The topological polar surface area (TPSA) is 107 Å². The van der Waals surface area contributed by atoms with Gasteiger partial charge in [0.15, 0.2) is 0 Å². The van der Waals surface area contributed by atoms with Crippen molar-refractivity contribution in [3.05, 3.63) is 0 Å². The fourth-order valence-electron chi connectivity index (χ4n) is 5.72. The fourth-order valence-corrected chi connectivity index (χ4v) is 5.72. The molecule has 0 N–H and O–H groups in total. The first-order chi connectivity index (χ1) is 23.7. The maximum Gasteiger partial charge on any atom is 2.00 e. The monoisotopic (exact) mass is 737 g/mol. The van der Waals surface area contributed by atoms with E-state index in [0.717, 1.165) is 32.1 Å². The third-order valence-corrected chi connectivity index (χ3v) is 8.97. The molecule has 0 spiro atoms. The third kappa shape index (κ3) is 66.0. The minimum absolute atomic E-state index is 0. The minimum Gasteiger partial charge on any atom is -0.550 e. The molecule has 0 aromatic rings. The number of carbonyl (C=O) groups is 3. The summed E-state index contributed by atoms with van der Waals surface area (Å²) in [5.41, 5.74) is 0. The van der Waals surface area contributed by atoms with Crippen LogP contribution >= 0.6 is 0 Å². The van der Waals surface area contributed by atoms with E-state index >= 15 is 0 Å². The zero-order chi connectivity index (χ0) is 37.1. The molecule has 6 nitrogen and oxygen atoms in total. The second kappa shape index (κ2) is 50.8. The SMILES string of the molecule is CC(=O)OCCC(C)C.CCCCCCCCCCCCCCCCCC(=O)[O-].CCCCCCCCCCCCCCCCCC(=O)[O-].[Ca+2]. The molecule has 0 saturated heterocycles. The molecule has 0 radical (unpaired) electrons. The third-order valence-electron chi connectivity index (χ3n) is 8.97. The van der Waals surface area contributed by atoms with Crippen molar-refractivity contribution >= 4 is 55.6 Å². The molecule has 0 aliphatic carbocycles. The van der Waals surface area contributed by atoms with Gasteiger partial charge in [0.05, 0.1) is 6.61 Å². The summed E-state index contributed by atoms with van der Waals surface area (Å²) in [4.78, 5) is 30.6. The van der Waals surface area contributed by atoms with E-state index in [4.69, 9.17) is 4.74 Å². The molecule has 0 aromatic heterocycles. The Hall–Kier alpha value is -0.330. The van der Waals surface area contributed by atoms with Gasteiger partial charge in [0.2, 0.25) is 0 Å². The van der Waals surface area contributed by atoms with Gasteiger partial charge in [-0.3, -0.25) is 4.79 Å². The molecule has 0 aliphatic rings. The van der Waals surface area contributed by atoms with Crippen LogP contribution in [0, 0.1) is 5.92 Å². The van der Waals surface area contributed by atoms with E-state index in [1.165, 1.54) is 174 Å². The maximum absolute atomic E-state index is 10.2. The molecule has 50 heavy (non-hydrogen) atoms. The van der Waals surface area contributed by atoms with Crippen molar-refractivity contribution in [2.75, 3.05) is 6.61 Å². The van der Waals surface area contributed by atoms with Gasteiger partial charge in [0, 0.05) is 18.9 Å². The molecule has 0 heterocycles. The zero-order valence-electron chi connectivity index (χ0n) is 34.3. The van der Waals surface area contributed by atoms with Gasteiger partial charge in [0.1, 0.15) is 0 Å². The van der Waals surface area contributed by atoms with E-state index in [1.54, 1.807) is 0 Å². The molecule has 294 valence electrons. The first kappa shape index (κ1) is 56.4. The summed E-state index contributed by atoms with van der Waals surface area (Å²) >= 11 is 0. The normalized spacial score (nSPS) is 10.4. The van der Waals surface area contributed by atoms with Crippen molar-refractivity contribution in [1.29, 1.82) is 0 Å². The van der Waals surface area contributed by atoms with Crippen LogP contribution < -0.4 is 10.2 Å². The zero-order valence-corrected chi connectivity index (χ0v) is 36.5. The van der Waals surface area contributed by atoms with E-state index in [1.807, 2.05) is 0 Å². The number of ether oxygens (including phenoxy) is 1. The fraction of sp³-hybridized carbons (Fsp3) is 0.930. The number of rotatable bonds is 35. The largest absolute Gasteiger partial charge is 2.00 e. The van der Waals surface area contributed by atoms with E-state index in [2.05, 4.69) is 27.7 Å². The van der Waals surface area contributed by atoms with Crippen LogP contribution in [0.1, 0.15) is 247 Å². The predicted octanol–water partition coefficient (Wildman–Crippen LogP) is 11.2. The molecule has 0 amide bonds. The van der Waals surface area contributed by atoms with Crippen molar-refractivity contribution in [3.8, 4) is 0 Å². The summed E-state index contributed by atoms with van der Waals surface area (Å²) in [5.74, 6) is -1.38. The molecule has 0 rings (SSSR count). The van der Waals surface area contributed by atoms with Gasteiger partial charge in [-0.2, -0.15) is 0 Å². The summed E-state index contributed by atoms with van der Waals surface area (Å²) in [6.45, 7) is 10.7. The van der Waals surface area contributed by atoms with Gasteiger partial charge in [-0.1, -0.05) is 207 Å². The summed E-state index contributed by atoms with van der Waals surface area (Å²) in [7, 11) is 0. The van der Waals surface area contributed by atoms with Gasteiger partial charge >= 0.3 is 43.7 Å². The minimum atomic E-state index is -0.903. The summed E-state index contributed by atoms with van der Waals surface area (Å²) in [6, 6.07) is 0. The molecular weight excluding hydrogens is 653 g/mol. The number of carbonyl (C=O) groups excluding carboxylic acids is 3. The second-order valence-electron chi connectivity index (χ2n) is 14.7. The summed E-state index contributed by atoms with van der Waals surface area (Å²) < 4.78 is 4.71. The Morgan fingerprint density at radius 3 is 0.840 bits per heavy atom. The molecule has 0 unspecified atom stereocenters. The number of carboxylic acid groups (broad SMARTS) is 2. The van der Waals surface area contributed by atoms with Crippen LogP contribution in [0.5, 0.6) is 0 Å². The number of hydrogen-bond donors (Lipinski definition) is 0. The van der Waals surface area contributed by atoms with Crippen molar-refractivity contribution < 1.29 is 29.3 Å². The van der Waals surface area contributed by atoms with Crippen LogP contribution in [0.15, 0.2) is 0 Å². The standard InChI is InChI=1S/2C18H36O2.C7H14O2.Ca/c2*1-2-3-4-5-6-7-8-9-10-11-12-13-14-15-16-17-18(19)20;1-6(2)4-5-9-7(3)8;/h2*2-17H2,1H3,(H,19,20);6H,4-5H2,1-3H3;/q;;;+2/p-2. The Morgan fingerprint density at radius 1 is 0.440 bits per heavy atom. The molecule has 0 aromatic carbocycles. The quantitative estimate of drug-likeness (QED) is 0.0364. The van der Waals surface area contributed by atoms with E-state index in [9.17, 15) is 24.6 Å². The Labute approximate surface area is 341 Å². The number of carboxylic acids is 2. The van der Waals surface area contributed by atoms with Crippen LogP contribution in [0.3, 0.4) is 0 Å². The molecule has 0 saturated carbocycles. The van der Waals surface area contributed by atoms with Crippen LogP contribution in [0.25, 0.3) is 0 Å². The molecule has 0 bridgehead atoms. The van der Waals surface area contributed by atoms with E-state index in [0.29, 0.717) is 12.5 Å². The van der Waals surface area contributed by atoms with Crippen molar-refractivity contribution in [2.45, 2.75) is 247 Å². The van der Waals surface area contributed by atoms with Gasteiger partial charge < -0.3 is 24.5 Å². The van der Waals surface area contributed by atoms with Crippen LogP contribution in [-0.2, 0) is 19.1 Å². The van der Waals surface area contributed by atoms with E-state index < -0.39 is 11.9 Å². The smallest absolute Gasteiger partial charge is 0.550 e. The molecule has 0 fully saturated rings. The number of aliphatic carboxylic acids is 2. The first-order valence-electron chi connectivity index (χ1n) is 21.2. The first-order valence-corrected chi connectivity index (χ1v) is 21.2. The van der Waals surface area contributed by atoms with Gasteiger partial charge in [-0.25, -0.2) is 0 Å². The number of esters is 1. The molecule has 7 heteroatoms. The van der Waals surface area contributed by atoms with Gasteiger partial charge in [-0.05, 0) is 38.0 Å². The molecule has 0 atom stereocenters. The van der Waals surface area contributed by atoms with Gasteiger partial charge in [0.25, 0.3) is 0 Å². The van der Waals surface area contributed by atoms with Crippen molar-refractivity contribution in [2.24, 2.45) is 5.92 Å². The Balaban J connectivity index is -0.000000336. The van der Waals surface area contributed by atoms with Crippen LogP contribution in [0.2, 0.25) is 0 Å². The van der Waals surface area contributed by atoms with Gasteiger partial charge in [-0.15, -0.1) is 0 Å².